The number of sulfonamides is 1. The largest absolute Gasteiger partial charge is 0.480 e. The van der Waals surface area contributed by atoms with Gasteiger partial charge < -0.3 is 10.1 Å². The predicted octanol–water partition coefficient (Wildman–Crippen LogP) is 4.47. The first-order chi connectivity index (χ1) is 18.1. The van der Waals surface area contributed by atoms with Crippen molar-refractivity contribution in [1.29, 1.82) is 0 Å². The lowest BCUT2D eigenvalue weighted by molar-refractivity contribution is 0.385. The van der Waals surface area contributed by atoms with Crippen LogP contribution >= 0.6 is 11.6 Å². The fourth-order valence-electron chi connectivity index (χ4n) is 3.79. The number of aromatic nitrogens is 6. The second-order valence-corrected chi connectivity index (χ2v) is 10.3. The third-order valence-corrected chi connectivity index (χ3v) is 7.03. The van der Waals surface area contributed by atoms with Gasteiger partial charge in [-0.25, -0.2) is 27.8 Å². The molecule has 0 aliphatic rings. The first-order valence-corrected chi connectivity index (χ1v) is 12.9. The lowest BCUT2D eigenvalue weighted by atomic mass is 10.0. The summed E-state index contributed by atoms with van der Waals surface area (Å²) in [6.07, 6.45) is 6.28. The van der Waals surface area contributed by atoms with Gasteiger partial charge >= 0.3 is 0 Å². The van der Waals surface area contributed by atoms with E-state index in [2.05, 4.69) is 35.1 Å². The Kier molecular flexibility index (Phi) is 6.55. The SMILES string of the molecule is COc1ncc(Cl)cc1S(=O)(=O)Nc1cc(F)cc(-c2cc3cnc(Nc4cnn(C)c4)nc3nc2C)c1. The third-order valence-electron chi connectivity index (χ3n) is 5.45. The summed E-state index contributed by atoms with van der Waals surface area (Å²) in [5.74, 6) is -0.452. The van der Waals surface area contributed by atoms with Crippen LogP contribution in [0.15, 0.2) is 60.0 Å². The Morgan fingerprint density at radius 3 is 2.58 bits per heavy atom. The highest BCUT2D eigenvalue weighted by molar-refractivity contribution is 7.92. The maximum absolute atomic E-state index is 14.7. The van der Waals surface area contributed by atoms with Crippen LogP contribution in [0, 0.1) is 12.7 Å². The number of nitrogens with zero attached hydrogens (tertiary/aromatic N) is 6. The molecule has 194 valence electrons. The standard InChI is InChI=1S/C24H20ClFN8O3S/c1-13-20(6-15-9-28-24(32-22(15)30-13)31-19-11-29-34(2)12-19)14-4-17(26)8-18(5-14)33-38(35,36)21-7-16(25)10-27-23(21)37-3/h4-12,33H,1-3H3,(H,28,30,31,32). The molecule has 0 amide bonds. The fourth-order valence-corrected chi connectivity index (χ4v) is 5.20. The second-order valence-electron chi connectivity index (χ2n) is 8.25. The quantitative estimate of drug-likeness (QED) is 0.298. The molecule has 11 nitrogen and oxygen atoms in total. The van der Waals surface area contributed by atoms with Gasteiger partial charge in [0.05, 0.1) is 29.7 Å². The number of aryl methyl sites for hydroxylation is 2. The van der Waals surface area contributed by atoms with Crippen LogP contribution in [-0.2, 0) is 17.1 Å². The normalized spacial score (nSPS) is 11.5. The minimum absolute atomic E-state index is 0.00575. The summed E-state index contributed by atoms with van der Waals surface area (Å²) < 4.78 is 49.8. The third kappa shape index (κ3) is 5.19. The minimum Gasteiger partial charge on any atom is -0.480 e. The smallest absolute Gasteiger partial charge is 0.267 e. The summed E-state index contributed by atoms with van der Waals surface area (Å²) in [6.45, 7) is 1.75. The molecule has 0 aliphatic carbocycles. The number of hydrogen-bond donors (Lipinski definition) is 2. The van der Waals surface area contributed by atoms with Gasteiger partial charge in [0, 0.05) is 42.3 Å². The van der Waals surface area contributed by atoms with E-state index in [4.69, 9.17) is 16.3 Å². The molecule has 5 rings (SSSR count). The van der Waals surface area contributed by atoms with Gasteiger partial charge in [-0.1, -0.05) is 11.6 Å². The van der Waals surface area contributed by atoms with Gasteiger partial charge in [-0.15, -0.1) is 0 Å². The molecule has 4 aromatic heterocycles. The molecule has 4 heterocycles. The number of methoxy groups -OCH3 is 1. The number of halogens is 2. The van der Waals surface area contributed by atoms with Crippen molar-refractivity contribution < 1.29 is 17.5 Å². The van der Waals surface area contributed by atoms with E-state index in [0.29, 0.717) is 33.8 Å². The average molecular weight is 555 g/mol. The summed E-state index contributed by atoms with van der Waals surface area (Å²) in [5, 5.41) is 7.87. The average Bonchev–Trinajstić information content (AvgIpc) is 3.27. The highest BCUT2D eigenvalue weighted by atomic mass is 35.5. The first kappa shape index (κ1) is 25.3. The zero-order valence-electron chi connectivity index (χ0n) is 20.3. The molecule has 0 spiro atoms. The molecule has 0 atom stereocenters. The molecule has 0 radical (unpaired) electrons. The maximum Gasteiger partial charge on any atom is 0.267 e. The molecular weight excluding hydrogens is 535 g/mol. The van der Waals surface area contributed by atoms with Gasteiger partial charge in [0.15, 0.2) is 10.5 Å². The summed E-state index contributed by atoms with van der Waals surface area (Å²) in [6, 6.07) is 6.82. The lowest BCUT2D eigenvalue weighted by Crippen LogP contribution is -2.15. The Bertz CT molecular complexity index is 1800. The number of ether oxygens (including phenoxy) is 1. The van der Waals surface area contributed by atoms with Crippen molar-refractivity contribution in [3.05, 3.63) is 71.7 Å². The molecule has 0 bridgehead atoms. The van der Waals surface area contributed by atoms with E-state index in [1.54, 1.807) is 43.3 Å². The van der Waals surface area contributed by atoms with Crippen molar-refractivity contribution >= 4 is 50.0 Å². The second kappa shape index (κ2) is 9.84. The molecule has 14 heteroatoms. The van der Waals surface area contributed by atoms with Gasteiger partial charge in [-0.05, 0) is 42.8 Å². The van der Waals surface area contributed by atoms with Crippen LogP contribution in [0.5, 0.6) is 5.88 Å². The Balaban J connectivity index is 1.48. The Morgan fingerprint density at radius 2 is 1.84 bits per heavy atom. The van der Waals surface area contributed by atoms with E-state index >= 15 is 0 Å². The van der Waals surface area contributed by atoms with Gasteiger partial charge in [0.25, 0.3) is 10.0 Å². The topological polar surface area (TPSA) is 137 Å². The number of nitrogens with one attached hydrogen (secondary N) is 2. The molecular formula is C24H20ClFN8O3S. The van der Waals surface area contributed by atoms with Crippen molar-refractivity contribution in [2.24, 2.45) is 7.05 Å². The molecule has 0 saturated heterocycles. The van der Waals surface area contributed by atoms with Crippen LogP contribution in [0.1, 0.15) is 5.69 Å². The Hall–Kier alpha value is -4.36. The fraction of sp³-hybridized carbons (Fsp3) is 0.125. The summed E-state index contributed by atoms with van der Waals surface area (Å²) in [5.41, 5.74) is 2.70. The predicted molar refractivity (Wildman–Crippen MR) is 141 cm³/mol. The van der Waals surface area contributed by atoms with Gasteiger partial charge in [0.2, 0.25) is 11.8 Å². The van der Waals surface area contributed by atoms with Gasteiger partial charge in [-0.2, -0.15) is 10.1 Å². The molecule has 5 aromatic rings. The monoisotopic (exact) mass is 554 g/mol. The van der Waals surface area contributed by atoms with E-state index < -0.39 is 15.8 Å². The van der Waals surface area contributed by atoms with Gasteiger partial charge in [-0.3, -0.25) is 9.40 Å². The summed E-state index contributed by atoms with van der Waals surface area (Å²) in [4.78, 5) is 16.9. The van der Waals surface area contributed by atoms with E-state index in [0.717, 1.165) is 11.8 Å². The van der Waals surface area contributed by atoms with Gasteiger partial charge in [0.1, 0.15) is 5.82 Å². The van der Waals surface area contributed by atoms with Crippen molar-refractivity contribution in [3.63, 3.8) is 0 Å². The molecule has 1 aromatic carbocycles. The highest BCUT2D eigenvalue weighted by Crippen LogP contribution is 2.31. The number of anilines is 3. The van der Waals surface area contributed by atoms with Crippen LogP contribution in [0.3, 0.4) is 0 Å². The zero-order chi connectivity index (χ0) is 27.0. The zero-order valence-corrected chi connectivity index (χ0v) is 21.8. The van der Waals surface area contributed by atoms with Crippen molar-refractivity contribution in [3.8, 4) is 17.0 Å². The molecule has 0 unspecified atom stereocenters. The maximum atomic E-state index is 14.7. The molecule has 0 fully saturated rings. The van der Waals surface area contributed by atoms with Crippen LogP contribution < -0.4 is 14.8 Å². The van der Waals surface area contributed by atoms with Crippen molar-refractivity contribution in [2.75, 3.05) is 17.1 Å². The number of rotatable bonds is 7. The first-order valence-electron chi connectivity index (χ1n) is 11.0. The number of hydrogen-bond acceptors (Lipinski definition) is 9. The minimum atomic E-state index is -4.21. The van der Waals surface area contributed by atoms with E-state index in [1.165, 1.54) is 31.5 Å². The number of fused-ring (bicyclic) bond motifs is 1. The molecule has 0 saturated carbocycles. The van der Waals surface area contributed by atoms with E-state index in [9.17, 15) is 12.8 Å². The van der Waals surface area contributed by atoms with Crippen LogP contribution in [0.4, 0.5) is 21.7 Å². The van der Waals surface area contributed by atoms with E-state index in [1.807, 2.05) is 0 Å². The molecule has 0 aliphatic heterocycles. The Labute approximate surface area is 221 Å². The number of pyridine rings is 2. The van der Waals surface area contributed by atoms with Crippen molar-refractivity contribution in [2.45, 2.75) is 11.8 Å². The number of benzene rings is 1. The highest BCUT2D eigenvalue weighted by Gasteiger charge is 2.22. The van der Waals surface area contributed by atoms with Crippen molar-refractivity contribution in [1.82, 2.24) is 29.7 Å². The lowest BCUT2D eigenvalue weighted by Gasteiger charge is -2.13. The summed E-state index contributed by atoms with van der Waals surface area (Å²) in [7, 11) is -1.12. The van der Waals surface area contributed by atoms with Crippen LogP contribution in [-0.4, -0.2) is 45.2 Å². The van der Waals surface area contributed by atoms with Crippen LogP contribution in [0.25, 0.3) is 22.2 Å². The van der Waals surface area contributed by atoms with E-state index in [-0.39, 0.29) is 21.5 Å². The van der Waals surface area contributed by atoms with Crippen LogP contribution in [0.2, 0.25) is 5.02 Å². The Morgan fingerprint density at radius 1 is 1.03 bits per heavy atom. The molecule has 38 heavy (non-hydrogen) atoms. The summed E-state index contributed by atoms with van der Waals surface area (Å²) >= 11 is 5.93. The molecule has 2 N–H and O–H groups in total.